The smallest absolute Gasteiger partial charge is 0.246 e. The molecule has 0 aliphatic rings. The molecule has 5 nitrogen and oxygen atoms in total. The lowest BCUT2D eigenvalue weighted by Crippen LogP contribution is -2.82. The first kappa shape index (κ1) is 22.1. The maximum absolute atomic E-state index is 5.07. The number of aromatic nitrogens is 4. The molecule has 0 saturated carbocycles. The van der Waals surface area contributed by atoms with E-state index in [2.05, 4.69) is 125 Å². The van der Waals surface area contributed by atoms with Crippen LogP contribution in [0.5, 0.6) is 0 Å². The van der Waals surface area contributed by atoms with Gasteiger partial charge in [0.05, 0.1) is 12.4 Å². The van der Waals surface area contributed by atoms with E-state index < -0.39 is 16.5 Å². The summed E-state index contributed by atoms with van der Waals surface area (Å²) in [7, 11) is -4.82. The van der Waals surface area contributed by atoms with Crippen LogP contribution < -0.4 is 19.8 Å². The van der Waals surface area contributed by atoms with E-state index in [1.54, 1.807) is 6.20 Å². The maximum atomic E-state index is 5.07. The van der Waals surface area contributed by atoms with Crippen LogP contribution in [0.2, 0.25) is 19.6 Å². The Bertz CT molecular complexity index is 1290. The zero-order valence-corrected chi connectivity index (χ0v) is 21.6. The summed E-state index contributed by atoms with van der Waals surface area (Å²) < 4.78 is 2.65. The molecule has 0 spiro atoms. The molecule has 5 rings (SSSR count). The van der Waals surface area contributed by atoms with E-state index in [1.807, 2.05) is 6.20 Å². The van der Waals surface area contributed by atoms with Crippen LogP contribution in [0, 0.1) is 0 Å². The number of fused-ring (bicyclic) bond motifs is 1. The molecule has 5 aromatic rings. The van der Waals surface area contributed by atoms with E-state index >= 15 is 0 Å². The zero-order chi connectivity index (χ0) is 23.6. The first-order valence-electron chi connectivity index (χ1n) is 11.4. The molecule has 0 aliphatic heterocycles. The molecule has 2 heterocycles. The third kappa shape index (κ3) is 3.82. The van der Waals surface area contributed by atoms with Crippen LogP contribution in [-0.2, 0) is 0 Å². The second-order valence-electron chi connectivity index (χ2n) is 9.27. The third-order valence-electron chi connectivity index (χ3n) is 6.02. The lowest BCUT2D eigenvalue weighted by molar-refractivity contribution is 1.13. The normalized spacial score (nSPS) is 12.0. The van der Waals surface area contributed by atoms with Crippen molar-refractivity contribution in [2.75, 3.05) is 4.23 Å². The molecule has 0 saturated heterocycles. The van der Waals surface area contributed by atoms with Gasteiger partial charge < -0.3 is 4.23 Å². The Morgan fingerprint density at radius 2 is 1.12 bits per heavy atom. The predicted octanol–water partition coefficient (Wildman–Crippen LogP) is 3.73. The van der Waals surface area contributed by atoms with Gasteiger partial charge in [0.2, 0.25) is 8.24 Å². The minimum atomic E-state index is -2.77. The molecule has 0 atom stereocenters. The molecule has 0 radical (unpaired) electrons. The number of hydrogen-bond acceptors (Lipinski definition) is 5. The van der Waals surface area contributed by atoms with E-state index in [0.717, 1.165) is 5.82 Å². The molecule has 0 aliphatic carbocycles. The van der Waals surface area contributed by atoms with Crippen LogP contribution in [0.25, 0.3) is 11.2 Å². The molecule has 0 unspecified atom stereocenters. The Labute approximate surface area is 202 Å². The van der Waals surface area contributed by atoms with E-state index in [-0.39, 0.29) is 0 Å². The van der Waals surface area contributed by atoms with E-state index in [1.165, 1.54) is 21.9 Å². The number of anilines is 1. The van der Waals surface area contributed by atoms with Gasteiger partial charge in [-0.3, -0.25) is 0 Å². The highest BCUT2D eigenvalue weighted by molar-refractivity contribution is 7.20. The molecule has 2 aromatic heterocycles. The van der Waals surface area contributed by atoms with Crippen molar-refractivity contribution in [3.05, 3.63) is 110 Å². The summed E-state index contributed by atoms with van der Waals surface area (Å²) in [5, 5.41) is 3.96. The Morgan fingerprint density at radius 3 is 1.59 bits per heavy atom. The largest absolute Gasteiger partial charge is 0.398 e. The van der Waals surface area contributed by atoms with Gasteiger partial charge >= 0.3 is 0 Å². The Hall–Kier alpha value is -3.69. The van der Waals surface area contributed by atoms with E-state index in [4.69, 9.17) is 9.97 Å². The second kappa shape index (κ2) is 8.92. The summed E-state index contributed by atoms with van der Waals surface area (Å²) in [6, 6.07) is 32.8. The first-order chi connectivity index (χ1) is 16.5. The summed E-state index contributed by atoms with van der Waals surface area (Å²) in [5.41, 5.74) is 1.32. The summed E-state index contributed by atoms with van der Waals surface area (Å²) in [4.78, 5) is 18.3. The molecule has 0 N–H and O–H groups in total. The van der Waals surface area contributed by atoms with Gasteiger partial charge in [-0.05, 0) is 15.6 Å². The van der Waals surface area contributed by atoms with Crippen LogP contribution in [0.4, 0.5) is 5.82 Å². The maximum Gasteiger partial charge on any atom is 0.246 e. The fourth-order valence-electron chi connectivity index (χ4n) is 4.81. The summed E-state index contributed by atoms with van der Waals surface area (Å²) in [5.74, 6) is 0.869. The first-order valence-corrected chi connectivity index (χ1v) is 16.8. The van der Waals surface area contributed by atoms with E-state index in [9.17, 15) is 0 Å². The molecule has 7 heteroatoms. The Kier molecular flexibility index (Phi) is 5.81. The van der Waals surface area contributed by atoms with Crippen molar-refractivity contribution in [1.82, 2.24) is 19.9 Å². The number of benzene rings is 3. The van der Waals surface area contributed by atoms with Crippen LogP contribution in [-0.4, -0.2) is 36.4 Å². The molecule has 3 aromatic carbocycles. The minimum Gasteiger partial charge on any atom is -0.398 e. The second-order valence-corrected chi connectivity index (χ2v) is 18.1. The lowest BCUT2D eigenvalue weighted by atomic mass is 10.3. The minimum absolute atomic E-state index is 0.618. The van der Waals surface area contributed by atoms with Gasteiger partial charge in [-0.1, -0.05) is 111 Å². The SMILES string of the molecule is C[Si](C)(C)N(c1cnc2cncnc2n1)[Si](c1ccccc1)(c1ccccc1)c1ccccc1. The standard InChI is InChI=1S/C27H27N5Si2/c1-33(2,3)32(26-20-29-25-19-28-21-30-27(25)31-26)34(22-13-7-4-8-14-22,23-15-9-5-10-16-23)24-17-11-6-12-18-24/h4-21H,1-3H3. The molecule has 0 bridgehead atoms. The summed E-state index contributed by atoms with van der Waals surface area (Å²) >= 11 is 0. The average molecular weight is 478 g/mol. The van der Waals surface area contributed by atoms with Gasteiger partial charge in [0, 0.05) is 0 Å². The fraction of sp³-hybridized carbons (Fsp3) is 0.111. The van der Waals surface area contributed by atoms with Crippen molar-refractivity contribution in [3.63, 3.8) is 0 Å². The molecule has 0 amide bonds. The predicted molar refractivity (Wildman–Crippen MR) is 145 cm³/mol. The number of rotatable bonds is 6. The monoisotopic (exact) mass is 477 g/mol. The number of nitrogens with zero attached hydrogens (tertiary/aromatic N) is 5. The van der Waals surface area contributed by atoms with Gasteiger partial charge in [0.25, 0.3) is 0 Å². The topological polar surface area (TPSA) is 54.8 Å². The van der Waals surface area contributed by atoms with Crippen LogP contribution in [0.3, 0.4) is 0 Å². The zero-order valence-electron chi connectivity index (χ0n) is 19.6. The Balaban J connectivity index is 1.92. The van der Waals surface area contributed by atoms with Gasteiger partial charge in [0.15, 0.2) is 5.65 Å². The third-order valence-corrected chi connectivity index (χ3v) is 15.0. The fourth-order valence-corrected chi connectivity index (χ4v) is 15.0. The van der Waals surface area contributed by atoms with Crippen molar-refractivity contribution in [3.8, 4) is 0 Å². The Morgan fingerprint density at radius 1 is 0.618 bits per heavy atom. The molecular weight excluding hydrogens is 451 g/mol. The van der Waals surface area contributed by atoms with Crippen molar-refractivity contribution >= 4 is 49.0 Å². The van der Waals surface area contributed by atoms with E-state index in [0.29, 0.717) is 11.2 Å². The number of hydrogen-bond donors (Lipinski definition) is 0. The van der Waals surface area contributed by atoms with Crippen molar-refractivity contribution in [2.24, 2.45) is 0 Å². The highest BCUT2D eigenvalue weighted by Gasteiger charge is 2.50. The summed E-state index contributed by atoms with van der Waals surface area (Å²) in [6.07, 6.45) is 5.16. The highest BCUT2D eigenvalue weighted by Crippen LogP contribution is 2.28. The van der Waals surface area contributed by atoms with Gasteiger partial charge in [-0.25, -0.2) is 19.9 Å². The molecule has 168 valence electrons. The molecule has 34 heavy (non-hydrogen) atoms. The average Bonchev–Trinajstić information content (AvgIpc) is 2.88. The lowest BCUT2D eigenvalue weighted by Gasteiger charge is -2.50. The van der Waals surface area contributed by atoms with Crippen molar-refractivity contribution in [2.45, 2.75) is 19.6 Å². The van der Waals surface area contributed by atoms with Gasteiger partial charge in [0.1, 0.15) is 25.9 Å². The van der Waals surface area contributed by atoms with Gasteiger partial charge in [-0.2, -0.15) is 0 Å². The van der Waals surface area contributed by atoms with Crippen LogP contribution >= 0.6 is 0 Å². The molecular formula is C27H27N5Si2. The van der Waals surface area contributed by atoms with Crippen LogP contribution in [0.1, 0.15) is 0 Å². The quantitative estimate of drug-likeness (QED) is 0.276. The van der Waals surface area contributed by atoms with Crippen LogP contribution in [0.15, 0.2) is 110 Å². The summed E-state index contributed by atoms with van der Waals surface area (Å²) in [6.45, 7) is 7.15. The van der Waals surface area contributed by atoms with Crippen molar-refractivity contribution < 1.29 is 0 Å². The highest BCUT2D eigenvalue weighted by atomic mass is 28.4. The molecule has 0 fully saturated rings. The van der Waals surface area contributed by atoms with Crippen molar-refractivity contribution in [1.29, 1.82) is 0 Å². The van der Waals surface area contributed by atoms with Gasteiger partial charge in [-0.15, -0.1) is 0 Å².